The zero-order chi connectivity index (χ0) is 15.2. The lowest BCUT2D eigenvalue weighted by Crippen LogP contribution is -2.42. The summed E-state index contributed by atoms with van der Waals surface area (Å²) in [6.45, 7) is 8.79. The van der Waals surface area contributed by atoms with Gasteiger partial charge in [0.15, 0.2) is 0 Å². The lowest BCUT2D eigenvalue weighted by atomic mass is 10.2. The van der Waals surface area contributed by atoms with Crippen molar-refractivity contribution in [2.75, 3.05) is 19.6 Å². The average molecular weight is 293 g/mol. The maximum Gasteiger partial charge on any atom is 0.293 e. The van der Waals surface area contributed by atoms with Crippen LogP contribution >= 0.6 is 0 Å². The number of nitrogens with zero attached hydrogens (tertiary/aromatic N) is 3. The van der Waals surface area contributed by atoms with E-state index >= 15 is 0 Å². The Morgan fingerprint density at radius 1 is 1.48 bits per heavy atom. The lowest BCUT2D eigenvalue weighted by Gasteiger charge is -2.24. The predicted octanol–water partition coefficient (Wildman–Crippen LogP) is 1.92. The van der Waals surface area contributed by atoms with Crippen molar-refractivity contribution in [1.82, 2.24) is 25.4 Å². The fraction of sp³-hybridized carbons (Fsp3) is 0.800. The standard InChI is InChI=1S/C15H27N5O/c1-4-5-9-20(10-12-7-6-8-16-12)15(21)14-17-13(11(2)3)18-19-14/h11-12,16H,4-10H2,1-3H3,(H,17,18,19). The van der Waals surface area contributed by atoms with Gasteiger partial charge in [-0.05, 0) is 25.8 Å². The molecule has 1 unspecified atom stereocenters. The van der Waals surface area contributed by atoms with Crippen LogP contribution in [0.2, 0.25) is 0 Å². The number of amides is 1. The Morgan fingerprint density at radius 3 is 2.86 bits per heavy atom. The summed E-state index contributed by atoms with van der Waals surface area (Å²) in [5.74, 6) is 1.26. The molecule has 0 aromatic carbocycles. The van der Waals surface area contributed by atoms with Crippen molar-refractivity contribution in [1.29, 1.82) is 0 Å². The first kappa shape index (κ1) is 15.9. The van der Waals surface area contributed by atoms with Gasteiger partial charge in [-0.1, -0.05) is 27.2 Å². The van der Waals surface area contributed by atoms with E-state index in [1.54, 1.807) is 0 Å². The summed E-state index contributed by atoms with van der Waals surface area (Å²) < 4.78 is 0. The van der Waals surface area contributed by atoms with Gasteiger partial charge in [-0.25, -0.2) is 4.98 Å². The molecular formula is C15H27N5O. The number of carbonyl (C=O) groups is 1. The monoisotopic (exact) mass is 293 g/mol. The van der Waals surface area contributed by atoms with E-state index in [1.807, 2.05) is 18.7 Å². The van der Waals surface area contributed by atoms with Crippen LogP contribution in [0.5, 0.6) is 0 Å². The van der Waals surface area contributed by atoms with Gasteiger partial charge in [0.05, 0.1) is 0 Å². The third-order valence-corrected chi connectivity index (χ3v) is 3.91. The summed E-state index contributed by atoms with van der Waals surface area (Å²) in [6.07, 6.45) is 4.42. The smallest absolute Gasteiger partial charge is 0.293 e. The van der Waals surface area contributed by atoms with Crippen molar-refractivity contribution >= 4 is 5.91 Å². The van der Waals surface area contributed by atoms with E-state index in [1.165, 1.54) is 6.42 Å². The molecule has 2 heterocycles. The number of unbranched alkanes of at least 4 members (excludes halogenated alkanes) is 1. The molecule has 0 radical (unpaired) electrons. The zero-order valence-electron chi connectivity index (χ0n) is 13.4. The zero-order valence-corrected chi connectivity index (χ0v) is 13.4. The summed E-state index contributed by atoms with van der Waals surface area (Å²) in [6, 6.07) is 0.411. The van der Waals surface area contributed by atoms with Gasteiger partial charge >= 0.3 is 0 Å². The largest absolute Gasteiger partial charge is 0.334 e. The average Bonchev–Trinajstić information content (AvgIpc) is 3.13. The Morgan fingerprint density at radius 2 is 2.29 bits per heavy atom. The molecule has 6 nitrogen and oxygen atoms in total. The lowest BCUT2D eigenvalue weighted by molar-refractivity contribution is 0.0727. The van der Waals surface area contributed by atoms with Crippen molar-refractivity contribution in [3.8, 4) is 0 Å². The normalized spacial score (nSPS) is 18.4. The minimum Gasteiger partial charge on any atom is -0.334 e. The molecule has 1 saturated heterocycles. The van der Waals surface area contributed by atoms with Crippen LogP contribution < -0.4 is 5.32 Å². The molecule has 1 aromatic heterocycles. The first-order valence-corrected chi connectivity index (χ1v) is 8.06. The topological polar surface area (TPSA) is 73.9 Å². The molecule has 6 heteroatoms. The fourth-order valence-corrected chi connectivity index (χ4v) is 2.57. The summed E-state index contributed by atoms with van der Waals surface area (Å²) in [5.41, 5.74) is 0. The summed E-state index contributed by atoms with van der Waals surface area (Å²) in [5, 5.41) is 10.4. The maximum absolute atomic E-state index is 12.6. The molecule has 1 amide bonds. The molecule has 1 aliphatic rings. The van der Waals surface area contributed by atoms with Gasteiger partial charge in [0.25, 0.3) is 5.91 Å². The molecule has 0 bridgehead atoms. The van der Waals surface area contributed by atoms with Crippen molar-refractivity contribution in [2.24, 2.45) is 0 Å². The molecule has 1 atom stereocenters. The van der Waals surface area contributed by atoms with Crippen LogP contribution in [0.3, 0.4) is 0 Å². The van der Waals surface area contributed by atoms with E-state index in [-0.39, 0.29) is 11.8 Å². The Bertz CT molecular complexity index is 451. The van der Waals surface area contributed by atoms with E-state index < -0.39 is 0 Å². The second kappa shape index (κ2) is 7.54. The van der Waals surface area contributed by atoms with E-state index in [0.717, 1.165) is 44.7 Å². The second-order valence-electron chi connectivity index (χ2n) is 6.10. The molecule has 21 heavy (non-hydrogen) atoms. The Balaban J connectivity index is 2.04. The molecular weight excluding hydrogens is 266 g/mol. The molecule has 2 N–H and O–H groups in total. The van der Waals surface area contributed by atoms with Crippen molar-refractivity contribution in [3.63, 3.8) is 0 Å². The van der Waals surface area contributed by atoms with Crippen LogP contribution in [0.4, 0.5) is 0 Å². The first-order chi connectivity index (χ1) is 10.1. The van der Waals surface area contributed by atoms with Crippen LogP contribution in [0.25, 0.3) is 0 Å². The highest BCUT2D eigenvalue weighted by Crippen LogP contribution is 2.12. The minimum atomic E-state index is -0.0553. The highest BCUT2D eigenvalue weighted by molar-refractivity contribution is 5.90. The number of hydrogen-bond acceptors (Lipinski definition) is 4. The van der Waals surface area contributed by atoms with Gasteiger partial charge in [-0.3, -0.25) is 9.89 Å². The maximum atomic E-state index is 12.6. The Kier molecular flexibility index (Phi) is 5.73. The molecule has 1 aliphatic heterocycles. The fourth-order valence-electron chi connectivity index (χ4n) is 2.57. The van der Waals surface area contributed by atoms with Crippen molar-refractivity contribution in [2.45, 2.75) is 58.4 Å². The van der Waals surface area contributed by atoms with Gasteiger partial charge in [-0.2, -0.15) is 0 Å². The Labute approximate surface area is 126 Å². The summed E-state index contributed by atoms with van der Waals surface area (Å²) in [4.78, 5) is 18.9. The number of aromatic nitrogens is 3. The molecule has 1 aromatic rings. The number of nitrogens with one attached hydrogen (secondary N) is 2. The van der Waals surface area contributed by atoms with E-state index in [4.69, 9.17) is 0 Å². The first-order valence-electron chi connectivity index (χ1n) is 8.06. The number of rotatable bonds is 7. The van der Waals surface area contributed by atoms with Crippen molar-refractivity contribution < 1.29 is 4.79 Å². The van der Waals surface area contributed by atoms with Crippen LogP contribution in [0.1, 0.15) is 68.8 Å². The van der Waals surface area contributed by atoms with Crippen LogP contribution in [0.15, 0.2) is 0 Å². The molecule has 0 saturated carbocycles. The third kappa shape index (κ3) is 4.27. The summed E-state index contributed by atoms with van der Waals surface area (Å²) in [7, 11) is 0. The van der Waals surface area contributed by atoms with Crippen LogP contribution in [-0.2, 0) is 0 Å². The number of H-pyrrole nitrogens is 1. The van der Waals surface area contributed by atoms with Gasteiger partial charge in [0.1, 0.15) is 5.82 Å². The quantitative estimate of drug-likeness (QED) is 0.805. The van der Waals surface area contributed by atoms with Crippen LogP contribution in [0, 0.1) is 0 Å². The summed E-state index contributed by atoms with van der Waals surface area (Å²) >= 11 is 0. The molecule has 2 rings (SSSR count). The SMILES string of the molecule is CCCCN(CC1CCCN1)C(=O)c1n[nH]c(C(C)C)n1. The van der Waals surface area contributed by atoms with Crippen LogP contribution in [-0.4, -0.2) is 51.7 Å². The Hall–Kier alpha value is -1.43. The van der Waals surface area contributed by atoms with E-state index in [0.29, 0.717) is 11.9 Å². The minimum absolute atomic E-state index is 0.0553. The third-order valence-electron chi connectivity index (χ3n) is 3.91. The number of hydrogen-bond donors (Lipinski definition) is 2. The highest BCUT2D eigenvalue weighted by atomic mass is 16.2. The highest BCUT2D eigenvalue weighted by Gasteiger charge is 2.24. The van der Waals surface area contributed by atoms with Crippen molar-refractivity contribution in [3.05, 3.63) is 11.6 Å². The molecule has 118 valence electrons. The van der Waals surface area contributed by atoms with E-state index in [2.05, 4.69) is 27.4 Å². The second-order valence-corrected chi connectivity index (χ2v) is 6.10. The van der Waals surface area contributed by atoms with Gasteiger partial charge in [0, 0.05) is 25.0 Å². The number of aromatic amines is 1. The van der Waals surface area contributed by atoms with Gasteiger partial charge < -0.3 is 10.2 Å². The predicted molar refractivity (Wildman–Crippen MR) is 82.3 cm³/mol. The molecule has 0 spiro atoms. The number of carbonyl (C=O) groups excluding carboxylic acids is 1. The van der Waals surface area contributed by atoms with Gasteiger partial charge in [0.2, 0.25) is 5.82 Å². The van der Waals surface area contributed by atoms with Gasteiger partial charge in [-0.15, -0.1) is 5.10 Å². The van der Waals surface area contributed by atoms with E-state index in [9.17, 15) is 4.79 Å². The molecule has 1 fully saturated rings. The molecule has 0 aliphatic carbocycles.